The first-order valence-electron chi connectivity index (χ1n) is 8.36. The van der Waals surface area contributed by atoms with E-state index in [4.69, 9.17) is 5.73 Å². The number of fused-ring (bicyclic) bond motifs is 3. The number of nitrogens with two attached hydrogens (primary N) is 1. The second kappa shape index (κ2) is 5.74. The van der Waals surface area contributed by atoms with Gasteiger partial charge in [-0.25, -0.2) is 0 Å². The minimum absolute atomic E-state index is 0.405. The molecule has 0 atom stereocenters. The molecule has 2 aromatic carbocycles. The van der Waals surface area contributed by atoms with Gasteiger partial charge in [-0.3, -0.25) is 9.78 Å². The summed E-state index contributed by atoms with van der Waals surface area (Å²) < 4.78 is 2.18. The molecule has 0 unspecified atom stereocenters. The van der Waals surface area contributed by atoms with Gasteiger partial charge in [0.15, 0.2) is 0 Å². The van der Waals surface area contributed by atoms with Crippen LogP contribution in [0.1, 0.15) is 22.8 Å². The minimum Gasteiger partial charge on any atom is -0.366 e. The van der Waals surface area contributed by atoms with E-state index in [0.29, 0.717) is 5.56 Å². The largest absolute Gasteiger partial charge is 0.366 e. The summed E-state index contributed by atoms with van der Waals surface area (Å²) in [6, 6.07) is 13.9. The smallest absolute Gasteiger partial charge is 0.248 e. The van der Waals surface area contributed by atoms with Crippen molar-refractivity contribution in [3.63, 3.8) is 0 Å². The van der Waals surface area contributed by atoms with Crippen LogP contribution < -0.4 is 5.73 Å². The first-order chi connectivity index (χ1) is 12.1. The predicted molar refractivity (Wildman–Crippen MR) is 102 cm³/mol. The molecular formula is C21H19N3O. The lowest BCUT2D eigenvalue weighted by molar-refractivity contribution is 0.100. The zero-order chi connectivity index (χ0) is 17.6. The van der Waals surface area contributed by atoms with Crippen LogP contribution >= 0.6 is 0 Å². The van der Waals surface area contributed by atoms with Gasteiger partial charge < -0.3 is 10.3 Å². The van der Waals surface area contributed by atoms with Crippen LogP contribution in [0.2, 0.25) is 0 Å². The molecule has 2 N–H and O–H groups in total. The molecule has 0 saturated carbocycles. The first-order valence-corrected chi connectivity index (χ1v) is 8.36. The Balaban J connectivity index is 2.08. The van der Waals surface area contributed by atoms with Crippen LogP contribution in [0.3, 0.4) is 0 Å². The fourth-order valence-electron chi connectivity index (χ4n) is 3.69. The van der Waals surface area contributed by atoms with Gasteiger partial charge in [-0.1, -0.05) is 25.1 Å². The van der Waals surface area contributed by atoms with Crippen molar-refractivity contribution in [2.24, 2.45) is 12.8 Å². The zero-order valence-electron chi connectivity index (χ0n) is 14.3. The van der Waals surface area contributed by atoms with E-state index in [1.165, 1.54) is 21.9 Å². The molecule has 2 heterocycles. The molecule has 0 spiro atoms. The van der Waals surface area contributed by atoms with E-state index in [1.54, 1.807) is 6.07 Å². The van der Waals surface area contributed by atoms with Crippen molar-refractivity contribution in [1.29, 1.82) is 0 Å². The quantitative estimate of drug-likeness (QED) is 0.616. The van der Waals surface area contributed by atoms with Gasteiger partial charge in [-0.15, -0.1) is 0 Å². The number of carbonyl (C=O) groups is 1. The molecule has 4 heteroatoms. The van der Waals surface area contributed by atoms with Gasteiger partial charge in [0.05, 0.1) is 11.7 Å². The molecule has 4 nitrogen and oxygen atoms in total. The number of aromatic nitrogens is 2. The Morgan fingerprint density at radius 2 is 2.00 bits per heavy atom. The zero-order valence-corrected chi connectivity index (χ0v) is 14.3. The Kier molecular flexibility index (Phi) is 3.53. The summed E-state index contributed by atoms with van der Waals surface area (Å²) in [6.07, 6.45) is 4.64. The van der Waals surface area contributed by atoms with Gasteiger partial charge in [0.25, 0.3) is 0 Å². The highest BCUT2D eigenvalue weighted by Gasteiger charge is 2.15. The molecule has 0 radical (unpaired) electrons. The van der Waals surface area contributed by atoms with Crippen LogP contribution in [0.5, 0.6) is 0 Å². The summed E-state index contributed by atoms with van der Waals surface area (Å²) in [7, 11) is 2.07. The van der Waals surface area contributed by atoms with Gasteiger partial charge >= 0.3 is 0 Å². The molecule has 0 aliphatic carbocycles. The van der Waals surface area contributed by atoms with Gasteiger partial charge in [0, 0.05) is 35.1 Å². The van der Waals surface area contributed by atoms with Gasteiger partial charge in [-0.05, 0) is 47.4 Å². The second-order valence-corrected chi connectivity index (χ2v) is 6.24. The number of carbonyl (C=O) groups excluding carboxylic acids is 1. The van der Waals surface area contributed by atoms with Crippen molar-refractivity contribution in [3.8, 4) is 11.1 Å². The van der Waals surface area contributed by atoms with Gasteiger partial charge in [0.2, 0.25) is 5.91 Å². The number of hydrogen-bond donors (Lipinski definition) is 1. The van der Waals surface area contributed by atoms with E-state index >= 15 is 0 Å². The van der Waals surface area contributed by atoms with E-state index in [1.807, 2.05) is 30.6 Å². The van der Waals surface area contributed by atoms with E-state index in [-0.39, 0.29) is 0 Å². The average molecular weight is 329 g/mol. The Labute approximate surface area is 145 Å². The minimum atomic E-state index is -0.405. The molecule has 25 heavy (non-hydrogen) atoms. The topological polar surface area (TPSA) is 60.9 Å². The lowest BCUT2D eigenvalue weighted by atomic mass is 9.93. The van der Waals surface area contributed by atoms with Crippen molar-refractivity contribution in [3.05, 3.63) is 66.0 Å². The molecule has 0 saturated heterocycles. The number of aryl methyl sites for hydroxylation is 2. The number of hydrogen-bond acceptors (Lipinski definition) is 2. The second-order valence-electron chi connectivity index (χ2n) is 6.24. The van der Waals surface area contributed by atoms with Crippen LogP contribution in [0, 0.1) is 0 Å². The third-order valence-corrected chi connectivity index (χ3v) is 4.89. The standard InChI is InChI=1S/C21H19N3O/c1-3-15-16(13-5-4-6-14(11-13)21(22)25)7-8-18-20(15)17-9-10-23-12-19(17)24(18)2/h4-12H,3H2,1-2H3,(H2,22,25). The maximum absolute atomic E-state index is 11.5. The third-order valence-electron chi connectivity index (χ3n) is 4.89. The highest BCUT2D eigenvalue weighted by Crippen LogP contribution is 2.36. The number of nitrogens with zero attached hydrogens (tertiary/aromatic N) is 2. The summed E-state index contributed by atoms with van der Waals surface area (Å²) in [5.41, 5.74) is 11.7. The van der Waals surface area contributed by atoms with E-state index in [9.17, 15) is 4.79 Å². The molecule has 0 bridgehead atoms. The average Bonchev–Trinajstić information content (AvgIpc) is 2.94. The number of rotatable bonds is 3. The van der Waals surface area contributed by atoms with Crippen LogP contribution in [0.25, 0.3) is 32.9 Å². The Morgan fingerprint density at radius 3 is 2.76 bits per heavy atom. The number of benzene rings is 2. The summed E-state index contributed by atoms with van der Waals surface area (Å²) in [5.74, 6) is -0.405. The van der Waals surface area contributed by atoms with Crippen LogP contribution in [0.4, 0.5) is 0 Å². The normalized spacial score (nSPS) is 11.3. The molecular weight excluding hydrogens is 310 g/mol. The van der Waals surface area contributed by atoms with Crippen LogP contribution in [-0.4, -0.2) is 15.5 Å². The summed E-state index contributed by atoms with van der Waals surface area (Å²) in [6.45, 7) is 2.16. The maximum Gasteiger partial charge on any atom is 0.248 e. The lowest BCUT2D eigenvalue weighted by Crippen LogP contribution is -2.10. The Hall–Kier alpha value is -3.14. The van der Waals surface area contributed by atoms with Gasteiger partial charge in [-0.2, -0.15) is 0 Å². The SMILES string of the molecule is CCc1c(-c2cccc(C(N)=O)c2)ccc2c1c1ccncc1n2C. The van der Waals surface area contributed by atoms with Crippen LogP contribution in [0.15, 0.2) is 54.9 Å². The molecule has 0 aliphatic rings. The molecule has 4 rings (SSSR count). The van der Waals surface area contributed by atoms with E-state index < -0.39 is 5.91 Å². The fourth-order valence-corrected chi connectivity index (χ4v) is 3.69. The van der Waals surface area contributed by atoms with Crippen molar-refractivity contribution in [2.45, 2.75) is 13.3 Å². The monoisotopic (exact) mass is 329 g/mol. The summed E-state index contributed by atoms with van der Waals surface area (Å²) >= 11 is 0. The van der Waals surface area contributed by atoms with Crippen LogP contribution in [-0.2, 0) is 13.5 Å². The molecule has 0 aliphatic heterocycles. The summed E-state index contributed by atoms with van der Waals surface area (Å²) in [4.78, 5) is 15.8. The maximum atomic E-state index is 11.5. The van der Waals surface area contributed by atoms with E-state index in [0.717, 1.165) is 23.1 Å². The molecule has 2 aromatic heterocycles. The molecule has 1 amide bonds. The highest BCUT2D eigenvalue weighted by molar-refractivity contribution is 6.11. The van der Waals surface area contributed by atoms with Crippen molar-refractivity contribution < 1.29 is 4.79 Å². The first kappa shape index (κ1) is 15.4. The van der Waals surface area contributed by atoms with Gasteiger partial charge in [0.1, 0.15) is 0 Å². The van der Waals surface area contributed by atoms with Crippen molar-refractivity contribution >= 4 is 27.7 Å². The fraction of sp³-hybridized carbons (Fsp3) is 0.143. The molecule has 4 aromatic rings. The third kappa shape index (κ3) is 2.30. The number of pyridine rings is 1. The number of primary amides is 1. The molecule has 124 valence electrons. The van der Waals surface area contributed by atoms with Crippen molar-refractivity contribution in [1.82, 2.24) is 9.55 Å². The lowest BCUT2D eigenvalue weighted by Gasteiger charge is -2.12. The van der Waals surface area contributed by atoms with Crippen molar-refractivity contribution in [2.75, 3.05) is 0 Å². The Bertz CT molecular complexity index is 1120. The Morgan fingerprint density at radius 1 is 1.16 bits per heavy atom. The predicted octanol–water partition coefficient (Wildman–Crippen LogP) is 4.05. The molecule has 0 fully saturated rings. The highest BCUT2D eigenvalue weighted by atomic mass is 16.1. The number of amides is 1. The summed E-state index contributed by atoms with van der Waals surface area (Å²) in [5, 5.41) is 2.46. The van der Waals surface area contributed by atoms with E-state index in [2.05, 4.69) is 41.7 Å².